The second-order valence-corrected chi connectivity index (χ2v) is 11.6. The Morgan fingerprint density at radius 2 is 1.61 bits per heavy atom. The summed E-state index contributed by atoms with van der Waals surface area (Å²) in [6, 6.07) is 18.0. The lowest BCUT2D eigenvalue weighted by Gasteiger charge is -2.33. The van der Waals surface area contributed by atoms with Crippen molar-refractivity contribution in [3.05, 3.63) is 83.4 Å². The number of nitrogens with one attached hydrogen (secondary N) is 1. The monoisotopic (exact) mass is 581 g/mol. The van der Waals surface area contributed by atoms with Crippen LogP contribution in [-0.4, -0.2) is 58.5 Å². The summed E-state index contributed by atoms with van der Waals surface area (Å²) in [5, 5.41) is 2.81. The maximum Gasteiger partial charge on any atom is 0.264 e. The highest BCUT2D eigenvalue weighted by Gasteiger charge is 2.35. The molecule has 10 heteroatoms. The normalized spacial score (nSPS) is 11.9. The molecule has 3 aromatic rings. The van der Waals surface area contributed by atoms with E-state index < -0.39 is 28.5 Å². The molecule has 0 saturated heterocycles. The number of benzene rings is 3. The van der Waals surface area contributed by atoms with E-state index in [2.05, 4.69) is 5.32 Å². The molecule has 0 bridgehead atoms. The van der Waals surface area contributed by atoms with E-state index in [0.29, 0.717) is 18.7 Å². The van der Waals surface area contributed by atoms with Crippen molar-refractivity contribution in [1.82, 2.24) is 10.2 Å². The summed E-state index contributed by atoms with van der Waals surface area (Å²) < 4.78 is 40.2. The Kier molecular flexibility index (Phi) is 10.8. The predicted molar refractivity (Wildman–Crippen MR) is 160 cm³/mol. The van der Waals surface area contributed by atoms with Crippen molar-refractivity contribution in [1.29, 1.82) is 0 Å². The smallest absolute Gasteiger partial charge is 0.264 e. The summed E-state index contributed by atoms with van der Waals surface area (Å²) in [7, 11) is -1.35. The van der Waals surface area contributed by atoms with E-state index in [0.717, 1.165) is 21.0 Å². The number of ether oxygens (including phenoxy) is 2. The van der Waals surface area contributed by atoms with Crippen LogP contribution in [0.1, 0.15) is 37.0 Å². The number of aryl methyl sites for hydroxylation is 2. The third-order valence-electron chi connectivity index (χ3n) is 6.71. The summed E-state index contributed by atoms with van der Waals surface area (Å²) in [5.41, 5.74) is 2.86. The molecule has 1 N–H and O–H groups in total. The fraction of sp³-hybridized carbons (Fsp3) is 0.355. The first-order valence-electron chi connectivity index (χ1n) is 13.5. The first-order chi connectivity index (χ1) is 19.5. The van der Waals surface area contributed by atoms with Crippen LogP contribution in [0.25, 0.3) is 0 Å². The van der Waals surface area contributed by atoms with Crippen LogP contribution >= 0.6 is 0 Å². The molecule has 220 valence electrons. The molecule has 2 amide bonds. The molecular weight excluding hydrogens is 542 g/mol. The minimum Gasteiger partial charge on any atom is -0.497 e. The van der Waals surface area contributed by atoms with Gasteiger partial charge in [0.15, 0.2) is 0 Å². The molecule has 0 aliphatic heterocycles. The molecular formula is C31H39N3O6S. The number of nitrogens with zero attached hydrogens (tertiary/aromatic N) is 2. The van der Waals surface area contributed by atoms with Crippen molar-refractivity contribution < 1.29 is 27.5 Å². The van der Waals surface area contributed by atoms with Crippen molar-refractivity contribution >= 4 is 27.5 Å². The Labute approximate surface area is 243 Å². The molecule has 0 radical (unpaired) electrons. The number of anilines is 1. The molecule has 0 aromatic heterocycles. The molecule has 1 atom stereocenters. The van der Waals surface area contributed by atoms with Gasteiger partial charge >= 0.3 is 0 Å². The second-order valence-electron chi connectivity index (χ2n) is 9.69. The van der Waals surface area contributed by atoms with Gasteiger partial charge in [0, 0.05) is 19.2 Å². The Hall–Kier alpha value is -4.05. The zero-order valence-electron chi connectivity index (χ0n) is 24.5. The van der Waals surface area contributed by atoms with Gasteiger partial charge in [-0.25, -0.2) is 8.42 Å². The zero-order chi connectivity index (χ0) is 30.2. The molecule has 9 nitrogen and oxygen atoms in total. The van der Waals surface area contributed by atoms with Gasteiger partial charge in [0.1, 0.15) is 24.1 Å². The molecule has 3 rings (SSSR count). The lowest BCUT2D eigenvalue weighted by atomic mass is 10.1. The maximum atomic E-state index is 14.2. The minimum atomic E-state index is -4.25. The van der Waals surface area contributed by atoms with E-state index in [1.165, 1.54) is 37.3 Å². The molecule has 41 heavy (non-hydrogen) atoms. The van der Waals surface area contributed by atoms with Gasteiger partial charge in [-0.3, -0.25) is 13.9 Å². The summed E-state index contributed by atoms with van der Waals surface area (Å²) in [6.07, 6.45) is 0.344. The number of rotatable bonds is 13. The van der Waals surface area contributed by atoms with Crippen molar-refractivity contribution in [3.63, 3.8) is 0 Å². The summed E-state index contributed by atoms with van der Waals surface area (Å²) in [4.78, 5) is 28.7. The van der Waals surface area contributed by atoms with Crippen molar-refractivity contribution in [2.24, 2.45) is 0 Å². The van der Waals surface area contributed by atoms with Crippen LogP contribution in [0, 0.1) is 13.8 Å². The molecule has 0 spiro atoms. The van der Waals surface area contributed by atoms with Crippen LogP contribution < -0.4 is 19.1 Å². The lowest BCUT2D eigenvalue weighted by Crippen LogP contribution is -2.52. The number of hydrogen-bond acceptors (Lipinski definition) is 6. The van der Waals surface area contributed by atoms with Gasteiger partial charge in [-0.2, -0.15) is 0 Å². The van der Waals surface area contributed by atoms with E-state index >= 15 is 0 Å². The Bertz CT molecular complexity index is 1460. The molecule has 0 fully saturated rings. The number of carbonyl (C=O) groups excluding carboxylic acids is 2. The van der Waals surface area contributed by atoms with Crippen LogP contribution in [0.3, 0.4) is 0 Å². The fourth-order valence-corrected chi connectivity index (χ4v) is 5.98. The molecule has 0 aliphatic rings. The zero-order valence-corrected chi connectivity index (χ0v) is 25.3. The highest BCUT2D eigenvalue weighted by molar-refractivity contribution is 7.92. The number of hydrogen-bond donors (Lipinski definition) is 1. The quantitative estimate of drug-likeness (QED) is 0.320. The summed E-state index contributed by atoms with van der Waals surface area (Å²) >= 11 is 0. The largest absolute Gasteiger partial charge is 0.497 e. The maximum absolute atomic E-state index is 14.2. The third kappa shape index (κ3) is 7.58. The molecule has 0 saturated carbocycles. The van der Waals surface area contributed by atoms with Gasteiger partial charge in [-0.05, 0) is 57.0 Å². The van der Waals surface area contributed by atoms with Crippen LogP contribution in [0.2, 0.25) is 0 Å². The average Bonchev–Trinajstić information content (AvgIpc) is 2.95. The minimum absolute atomic E-state index is 0.0155. The summed E-state index contributed by atoms with van der Waals surface area (Å²) in [6.45, 7) is 7.40. The van der Waals surface area contributed by atoms with Gasteiger partial charge < -0.3 is 19.7 Å². The predicted octanol–water partition coefficient (Wildman–Crippen LogP) is 4.46. The number of likely N-dealkylation sites (N-methyl/N-ethyl adjacent to an activating group) is 1. The van der Waals surface area contributed by atoms with Crippen molar-refractivity contribution in [2.75, 3.05) is 31.6 Å². The Balaban J connectivity index is 2.15. The number of carbonyl (C=O) groups is 2. The molecule has 0 aliphatic carbocycles. The molecule has 3 aromatic carbocycles. The topological polar surface area (TPSA) is 105 Å². The third-order valence-corrected chi connectivity index (χ3v) is 8.49. The van der Waals surface area contributed by atoms with E-state index in [9.17, 15) is 18.0 Å². The first-order valence-corrected chi connectivity index (χ1v) is 14.9. The van der Waals surface area contributed by atoms with Crippen molar-refractivity contribution in [3.8, 4) is 11.5 Å². The second kappa shape index (κ2) is 14.0. The van der Waals surface area contributed by atoms with E-state index in [1.54, 1.807) is 24.3 Å². The van der Waals surface area contributed by atoms with Crippen LogP contribution in [0.15, 0.2) is 71.6 Å². The van der Waals surface area contributed by atoms with Gasteiger partial charge in [0.2, 0.25) is 11.8 Å². The van der Waals surface area contributed by atoms with Crippen LogP contribution in [-0.2, 0) is 26.2 Å². The van der Waals surface area contributed by atoms with Gasteiger partial charge in [-0.15, -0.1) is 0 Å². The summed E-state index contributed by atoms with van der Waals surface area (Å²) in [5.74, 6) is -0.203. The number of amides is 2. The Morgan fingerprint density at radius 3 is 2.20 bits per heavy atom. The van der Waals surface area contributed by atoms with Crippen molar-refractivity contribution in [2.45, 2.75) is 51.6 Å². The molecule has 0 heterocycles. The first kappa shape index (κ1) is 31.5. The lowest BCUT2D eigenvalue weighted by molar-refractivity contribution is -0.140. The van der Waals surface area contributed by atoms with Gasteiger partial charge in [0.25, 0.3) is 10.0 Å². The number of methoxy groups -OCH3 is 2. The van der Waals surface area contributed by atoms with Gasteiger partial charge in [-0.1, -0.05) is 54.4 Å². The van der Waals surface area contributed by atoms with E-state index in [-0.39, 0.29) is 28.8 Å². The van der Waals surface area contributed by atoms with E-state index in [4.69, 9.17) is 9.47 Å². The molecule has 1 unspecified atom stereocenters. The standard InChI is InChI=1S/C31H39N3O6S/c1-7-27(31(36)32-8-2)33(20-24-11-9-10-23(4)18-24)30(35)21-34(28-19-25(39-5)14-17-29(28)40-6)41(37,38)26-15-12-22(3)13-16-26/h9-19,27H,7-8,20-21H2,1-6H3,(H,32,36). The fourth-order valence-electron chi connectivity index (χ4n) is 4.56. The number of sulfonamides is 1. The Morgan fingerprint density at radius 1 is 0.902 bits per heavy atom. The van der Waals surface area contributed by atoms with Crippen LogP contribution in [0.4, 0.5) is 5.69 Å². The average molecular weight is 582 g/mol. The highest BCUT2D eigenvalue weighted by atomic mass is 32.2. The van der Waals surface area contributed by atoms with Gasteiger partial charge in [0.05, 0.1) is 24.8 Å². The van der Waals surface area contributed by atoms with Crippen LogP contribution in [0.5, 0.6) is 11.5 Å². The van der Waals surface area contributed by atoms with E-state index in [1.807, 2.05) is 52.0 Å². The highest BCUT2D eigenvalue weighted by Crippen LogP contribution is 2.36. The SMILES string of the molecule is CCNC(=O)C(CC)N(Cc1cccc(C)c1)C(=O)CN(c1cc(OC)ccc1OC)S(=O)(=O)c1ccc(C)cc1.